The molecular formula is C15H16F3N3OS. The number of hydrogen-bond donors (Lipinski definition) is 2. The van der Waals surface area contributed by atoms with Crippen molar-refractivity contribution < 1.29 is 18.0 Å². The third-order valence-corrected chi connectivity index (χ3v) is 4.56. The van der Waals surface area contributed by atoms with Gasteiger partial charge in [-0.15, -0.1) is 0 Å². The first kappa shape index (κ1) is 16.0. The van der Waals surface area contributed by atoms with Gasteiger partial charge in [-0.25, -0.2) is 4.79 Å². The van der Waals surface area contributed by atoms with Gasteiger partial charge in [0.25, 0.3) is 0 Å². The molecule has 1 aliphatic carbocycles. The smallest absolute Gasteiger partial charge is 0.357 e. The zero-order valence-corrected chi connectivity index (χ0v) is 13.0. The number of carbonyl (C=O) groups is 1. The van der Waals surface area contributed by atoms with Crippen LogP contribution in [0.25, 0.3) is 0 Å². The molecule has 0 aromatic heterocycles. The summed E-state index contributed by atoms with van der Waals surface area (Å²) < 4.78 is 38.2. The molecule has 2 aliphatic rings. The van der Waals surface area contributed by atoms with Gasteiger partial charge in [0.2, 0.25) is 0 Å². The summed E-state index contributed by atoms with van der Waals surface area (Å²) in [6, 6.07) is 4.21. The number of urea groups is 1. The van der Waals surface area contributed by atoms with Gasteiger partial charge in [0.1, 0.15) is 0 Å². The van der Waals surface area contributed by atoms with Crippen LogP contribution in [0.1, 0.15) is 31.2 Å². The topological polar surface area (TPSA) is 44.4 Å². The first-order valence-corrected chi connectivity index (χ1v) is 7.85. The molecule has 0 bridgehead atoms. The molecule has 4 nitrogen and oxygen atoms in total. The van der Waals surface area contributed by atoms with Crippen LogP contribution in [0.4, 0.5) is 23.7 Å². The molecule has 2 atom stereocenters. The summed E-state index contributed by atoms with van der Waals surface area (Å²) in [5, 5.41) is 5.98. The van der Waals surface area contributed by atoms with E-state index in [0.717, 1.165) is 37.8 Å². The van der Waals surface area contributed by atoms with E-state index < -0.39 is 17.8 Å². The Hall–Kier alpha value is -1.83. The van der Waals surface area contributed by atoms with E-state index in [1.54, 1.807) is 0 Å². The van der Waals surface area contributed by atoms with Crippen LogP contribution in [-0.2, 0) is 6.18 Å². The molecule has 124 valence electrons. The van der Waals surface area contributed by atoms with Gasteiger partial charge >= 0.3 is 12.2 Å². The lowest BCUT2D eigenvalue weighted by molar-refractivity contribution is -0.137. The minimum absolute atomic E-state index is 0.0259. The Morgan fingerprint density at radius 2 is 2.04 bits per heavy atom. The summed E-state index contributed by atoms with van der Waals surface area (Å²) in [5.41, 5.74) is -0.695. The number of rotatable bonds is 1. The summed E-state index contributed by atoms with van der Waals surface area (Å²) >= 11 is 5.21. The standard InChI is InChI=1S/C15H16F3N3OS/c16-15(17,18)9-4-3-5-10(8-9)19-13(22)21-12-7-2-1-6-11(12)20-14(21)23/h3-5,8,11-12H,1-2,6-7H2,(H,19,22)(H,20,23)/t11-,12+/m1/s1. The highest BCUT2D eigenvalue weighted by molar-refractivity contribution is 7.80. The zero-order chi connectivity index (χ0) is 16.6. The summed E-state index contributed by atoms with van der Waals surface area (Å²) in [4.78, 5) is 13.9. The average molecular weight is 343 g/mol. The molecule has 2 amide bonds. The Morgan fingerprint density at radius 3 is 2.78 bits per heavy atom. The zero-order valence-electron chi connectivity index (χ0n) is 12.2. The van der Waals surface area contributed by atoms with Crippen molar-refractivity contribution in [3.63, 3.8) is 0 Å². The predicted molar refractivity (Wildman–Crippen MR) is 84.1 cm³/mol. The molecule has 2 N–H and O–H groups in total. The molecule has 2 fully saturated rings. The van der Waals surface area contributed by atoms with Crippen LogP contribution in [0.2, 0.25) is 0 Å². The number of halogens is 3. The van der Waals surface area contributed by atoms with Gasteiger partial charge in [-0.1, -0.05) is 18.9 Å². The fraction of sp³-hybridized carbons (Fsp3) is 0.467. The number of fused-ring (bicyclic) bond motifs is 1. The SMILES string of the molecule is O=C(Nc1cccc(C(F)(F)F)c1)N1C(=S)N[C@@H]2CCCC[C@@H]21. The minimum atomic E-state index is -4.44. The van der Waals surface area contributed by atoms with Gasteiger partial charge in [0, 0.05) is 11.7 Å². The van der Waals surface area contributed by atoms with E-state index in [-0.39, 0.29) is 17.8 Å². The Kier molecular flexibility index (Phi) is 4.18. The molecule has 1 aliphatic heterocycles. The molecule has 1 aromatic carbocycles. The second-order valence-corrected chi connectivity index (χ2v) is 6.17. The van der Waals surface area contributed by atoms with Crippen molar-refractivity contribution in [2.24, 2.45) is 0 Å². The first-order valence-electron chi connectivity index (χ1n) is 7.44. The van der Waals surface area contributed by atoms with Crippen molar-refractivity contribution in [3.05, 3.63) is 29.8 Å². The lowest BCUT2D eigenvalue weighted by Crippen LogP contribution is -2.44. The molecule has 0 spiro atoms. The highest BCUT2D eigenvalue weighted by Gasteiger charge is 2.41. The van der Waals surface area contributed by atoms with E-state index in [0.29, 0.717) is 5.11 Å². The Bertz CT molecular complexity index is 635. The third kappa shape index (κ3) is 3.26. The van der Waals surface area contributed by atoms with Crippen molar-refractivity contribution in [1.29, 1.82) is 0 Å². The number of nitrogens with zero attached hydrogens (tertiary/aromatic N) is 1. The highest BCUT2D eigenvalue weighted by atomic mass is 32.1. The van der Waals surface area contributed by atoms with Crippen LogP contribution in [0, 0.1) is 0 Å². The summed E-state index contributed by atoms with van der Waals surface area (Å²) in [6.45, 7) is 0. The molecule has 0 radical (unpaired) electrons. The molecule has 3 rings (SSSR count). The van der Waals surface area contributed by atoms with Crippen molar-refractivity contribution in [3.8, 4) is 0 Å². The molecule has 23 heavy (non-hydrogen) atoms. The second-order valence-electron chi connectivity index (χ2n) is 5.79. The third-order valence-electron chi connectivity index (χ3n) is 4.25. The number of hydrogen-bond acceptors (Lipinski definition) is 2. The number of alkyl halides is 3. The van der Waals surface area contributed by atoms with Crippen molar-refractivity contribution >= 4 is 29.0 Å². The van der Waals surface area contributed by atoms with E-state index in [2.05, 4.69) is 10.6 Å². The Labute approximate surface area is 137 Å². The van der Waals surface area contributed by atoms with Crippen molar-refractivity contribution in [2.45, 2.75) is 43.9 Å². The fourth-order valence-corrected chi connectivity index (χ4v) is 3.54. The van der Waals surface area contributed by atoms with Crippen molar-refractivity contribution in [1.82, 2.24) is 10.2 Å². The van der Waals surface area contributed by atoms with Gasteiger partial charge in [-0.2, -0.15) is 13.2 Å². The number of nitrogens with one attached hydrogen (secondary N) is 2. The monoisotopic (exact) mass is 343 g/mol. The van der Waals surface area contributed by atoms with E-state index in [9.17, 15) is 18.0 Å². The maximum Gasteiger partial charge on any atom is 0.416 e. The molecule has 1 saturated heterocycles. The Balaban J connectivity index is 1.75. The van der Waals surface area contributed by atoms with E-state index in [1.807, 2.05) is 0 Å². The molecule has 1 aromatic rings. The largest absolute Gasteiger partial charge is 0.416 e. The summed E-state index contributed by atoms with van der Waals surface area (Å²) in [6.07, 6.45) is -0.565. The maximum absolute atomic E-state index is 12.7. The van der Waals surface area contributed by atoms with Gasteiger partial charge in [0.15, 0.2) is 5.11 Å². The van der Waals surface area contributed by atoms with Crippen LogP contribution in [0.3, 0.4) is 0 Å². The van der Waals surface area contributed by atoms with Crippen LogP contribution in [-0.4, -0.2) is 28.1 Å². The first-order chi connectivity index (χ1) is 10.9. The van der Waals surface area contributed by atoms with E-state index in [1.165, 1.54) is 17.0 Å². The van der Waals surface area contributed by atoms with Crippen LogP contribution in [0.15, 0.2) is 24.3 Å². The normalized spacial score (nSPS) is 24.1. The van der Waals surface area contributed by atoms with Gasteiger partial charge in [-0.3, -0.25) is 4.90 Å². The maximum atomic E-state index is 12.7. The molecule has 1 heterocycles. The quantitative estimate of drug-likeness (QED) is 0.764. The van der Waals surface area contributed by atoms with Crippen molar-refractivity contribution in [2.75, 3.05) is 5.32 Å². The van der Waals surface area contributed by atoms with E-state index in [4.69, 9.17) is 12.2 Å². The van der Waals surface area contributed by atoms with Gasteiger partial charge in [-0.05, 0) is 43.3 Å². The second kappa shape index (κ2) is 5.99. The average Bonchev–Trinajstić information content (AvgIpc) is 2.82. The molecule has 8 heteroatoms. The number of anilines is 1. The number of carbonyl (C=O) groups excluding carboxylic acids is 1. The van der Waals surface area contributed by atoms with Crippen LogP contribution >= 0.6 is 12.2 Å². The Morgan fingerprint density at radius 1 is 1.30 bits per heavy atom. The number of benzene rings is 1. The summed E-state index contributed by atoms with van der Waals surface area (Å²) in [5.74, 6) is 0. The summed E-state index contributed by atoms with van der Waals surface area (Å²) in [7, 11) is 0. The highest BCUT2D eigenvalue weighted by Crippen LogP contribution is 2.31. The van der Waals surface area contributed by atoms with Gasteiger partial charge < -0.3 is 10.6 Å². The molecule has 0 unspecified atom stereocenters. The lowest BCUT2D eigenvalue weighted by Gasteiger charge is -2.29. The number of amides is 2. The van der Waals surface area contributed by atoms with Crippen LogP contribution < -0.4 is 10.6 Å². The number of thiocarbonyl (C=S) groups is 1. The molecular weight excluding hydrogens is 327 g/mol. The predicted octanol–water partition coefficient (Wildman–Crippen LogP) is 3.74. The van der Waals surface area contributed by atoms with Gasteiger partial charge in [0.05, 0.1) is 11.6 Å². The van der Waals surface area contributed by atoms with E-state index >= 15 is 0 Å². The van der Waals surface area contributed by atoms with Crippen LogP contribution in [0.5, 0.6) is 0 Å². The molecule has 1 saturated carbocycles. The lowest BCUT2D eigenvalue weighted by atomic mass is 9.91. The fourth-order valence-electron chi connectivity index (χ4n) is 3.17. The minimum Gasteiger partial charge on any atom is -0.357 e.